The van der Waals surface area contributed by atoms with Crippen LogP contribution in [0.4, 0.5) is 5.13 Å². The first kappa shape index (κ1) is 23.4. The van der Waals surface area contributed by atoms with Crippen molar-refractivity contribution in [2.45, 2.75) is 20.5 Å². The minimum Gasteiger partial charge on any atom is -0.490 e. The summed E-state index contributed by atoms with van der Waals surface area (Å²) in [5, 5.41) is 3.78. The number of hydrogen-bond acceptors (Lipinski definition) is 7. The summed E-state index contributed by atoms with van der Waals surface area (Å²) in [6, 6.07) is 13.2. The van der Waals surface area contributed by atoms with Crippen molar-refractivity contribution in [3.63, 3.8) is 0 Å². The van der Waals surface area contributed by atoms with E-state index in [0.717, 1.165) is 11.1 Å². The maximum Gasteiger partial charge on any atom is 0.266 e. The van der Waals surface area contributed by atoms with Crippen molar-refractivity contribution >= 4 is 57.0 Å². The van der Waals surface area contributed by atoms with E-state index in [9.17, 15) is 4.79 Å². The van der Waals surface area contributed by atoms with Crippen LogP contribution in [-0.2, 0) is 11.4 Å². The van der Waals surface area contributed by atoms with Crippen LogP contribution in [0.2, 0.25) is 5.02 Å². The molecule has 2 heterocycles. The average molecular weight is 500 g/mol. The molecule has 1 aromatic heterocycles. The van der Waals surface area contributed by atoms with E-state index >= 15 is 0 Å². The Morgan fingerprint density at radius 3 is 2.73 bits per heavy atom. The Hall–Kier alpha value is -2.81. The van der Waals surface area contributed by atoms with Crippen molar-refractivity contribution < 1.29 is 14.3 Å². The van der Waals surface area contributed by atoms with Gasteiger partial charge >= 0.3 is 0 Å². The van der Waals surface area contributed by atoms with E-state index < -0.39 is 0 Å². The maximum atomic E-state index is 12.9. The van der Waals surface area contributed by atoms with Gasteiger partial charge in [-0.1, -0.05) is 35.9 Å². The topological polar surface area (TPSA) is 64.0 Å². The van der Waals surface area contributed by atoms with Crippen LogP contribution in [0.25, 0.3) is 6.08 Å². The highest BCUT2D eigenvalue weighted by Crippen LogP contribution is 2.36. The zero-order valence-corrected chi connectivity index (χ0v) is 20.5. The minimum absolute atomic E-state index is 0.0742. The molecule has 3 aromatic rings. The monoisotopic (exact) mass is 499 g/mol. The molecule has 33 heavy (non-hydrogen) atoms. The number of amidine groups is 1. The average Bonchev–Trinajstić information content (AvgIpc) is 3.42. The third-order valence-corrected chi connectivity index (χ3v) is 6.76. The molecule has 9 heteroatoms. The first-order chi connectivity index (χ1) is 16.1. The number of carbonyl (C=O) groups is 1. The molecule has 1 fully saturated rings. The first-order valence-corrected chi connectivity index (χ1v) is 12.5. The van der Waals surface area contributed by atoms with Crippen LogP contribution in [0.3, 0.4) is 0 Å². The molecule has 1 aliphatic heterocycles. The largest absolute Gasteiger partial charge is 0.490 e. The molecule has 1 saturated heterocycles. The lowest BCUT2D eigenvalue weighted by atomic mass is 10.1. The highest BCUT2D eigenvalue weighted by atomic mass is 35.5. The van der Waals surface area contributed by atoms with Crippen molar-refractivity contribution in [3.05, 3.63) is 75.1 Å². The number of likely N-dealkylation sites (N-methyl/N-ethyl adjacent to an activating group) is 1. The number of nitrogens with zero attached hydrogens (tertiary/aromatic N) is 3. The second-order valence-electron chi connectivity index (χ2n) is 6.89. The normalized spacial score (nSPS) is 16.1. The Morgan fingerprint density at radius 2 is 2.00 bits per heavy atom. The van der Waals surface area contributed by atoms with Gasteiger partial charge in [-0.05, 0) is 55.4 Å². The van der Waals surface area contributed by atoms with Gasteiger partial charge in [0.2, 0.25) is 5.13 Å². The van der Waals surface area contributed by atoms with Crippen molar-refractivity contribution in [2.75, 3.05) is 13.2 Å². The maximum absolute atomic E-state index is 12.9. The quantitative estimate of drug-likeness (QED) is 0.335. The standard InChI is InChI=1S/C24H22ClN3O3S2/c1-3-28-22(29)21(33-24(28)27-23-26-11-12-32-23)14-16-9-10-19(20(13-16)30-4-2)31-15-17-7-5-6-8-18(17)25/h5-14H,3-4,15H2,1-2H3/b21-14-,27-24+. The van der Waals surface area contributed by atoms with Gasteiger partial charge in [0, 0.05) is 28.7 Å². The van der Waals surface area contributed by atoms with Gasteiger partial charge in [0.05, 0.1) is 11.5 Å². The van der Waals surface area contributed by atoms with Gasteiger partial charge in [0.15, 0.2) is 16.7 Å². The number of hydrogen-bond donors (Lipinski definition) is 0. The van der Waals surface area contributed by atoms with Crippen LogP contribution in [0, 0.1) is 0 Å². The highest BCUT2D eigenvalue weighted by Gasteiger charge is 2.32. The molecule has 6 nitrogen and oxygen atoms in total. The molecule has 0 atom stereocenters. The van der Waals surface area contributed by atoms with Crippen LogP contribution in [0.5, 0.6) is 11.5 Å². The summed E-state index contributed by atoms with van der Waals surface area (Å²) in [7, 11) is 0. The lowest BCUT2D eigenvalue weighted by Gasteiger charge is -2.13. The molecular weight excluding hydrogens is 478 g/mol. The number of thioether (sulfide) groups is 1. The summed E-state index contributed by atoms with van der Waals surface area (Å²) in [5.41, 5.74) is 1.73. The van der Waals surface area contributed by atoms with Gasteiger partial charge in [-0.3, -0.25) is 9.69 Å². The minimum atomic E-state index is -0.0742. The molecule has 4 rings (SSSR count). The summed E-state index contributed by atoms with van der Waals surface area (Å²) in [6.45, 7) is 5.20. The number of benzene rings is 2. The highest BCUT2D eigenvalue weighted by molar-refractivity contribution is 8.18. The van der Waals surface area contributed by atoms with E-state index in [0.29, 0.717) is 51.5 Å². The molecule has 0 unspecified atom stereocenters. The predicted octanol–water partition coefficient (Wildman–Crippen LogP) is 6.40. The van der Waals surface area contributed by atoms with Crippen molar-refractivity contribution in [1.29, 1.82) is 0 Å². The smallest absolute Gasteiger partial charge is 0.266 e. The van der Waals surface area contributed by atoms with Crippen LogP contribution in [0.15, 0.2) is 63.9 Å². The van der Waals surface area contributed by atoms with E-state index in [1.165, 1.54) is 23.1 Å². The molecule has 1 amide bonds. The zero-order chi connectivity index (χ0) is 23.2. The van der Waals surface area contributed by atoms with Gasteiger partial charge < -0.3 is 9.47 Å². The fourth-order valence-electron chi connectivity index (χ4n) is 3.15. The molecule has 0 saturated carbocycles. The SMILES string of the molecule is CCOc1cc(/C=C2\S/C(=N/c3nccs3)N(CC)C2=O)ccc1OCc1ccccc1Cl. The van der Waals surface area contributed by atoms with Gasteiger partial charge in [-0.15, -0.1) is 11.3 Å². The fraction of sp³-hybridized carbons (Fsp3) is 0.208. The Kier molecular flexibility index (Phi) is 7.69. The molecule has 0 bridgehead atoms. The molecule has 170 valence electrons. The summed E-state index contributed by atoms with van der Waals surface area (Å²) >= 11 is 9.01. The summed E-state index contributed by atoms with van der Waals surface area (Å²) < 4.78 is 11.8. The lowest BCUT2D eigenvalue weighted by molar-refractivity contribution is -0.122. The van der Waals surface area contributed by atoms with Crippen LogP contribution < -0.4 is 9.47 Å². The second kappa shape index (κ2) is 10.9. The number of aliphatic imine (C=N–C) groups is 1. The number of ether oxygens (including phenoxy) is 2. The van der Waals surface area contributed by atoms with E-state index in [-0.39, 0.29) is 5.91 Å². The van der Waals surface area contributed by atoms with E-state index in [1.807, 2.05) is 67.8 Å². The number of rotatable bonds is 8. The van der Waals surface area contributed by atoms with E-state index in [2.05, 4.69) is 9.98 Å². The Morgan fingerprint density at radius 1 is 1.15 bits per heavy atom. The fourth-order valence-corrected chi connectivity index (χ4v) is 4.94. The molecule has 2 aromatic carbocycles. The second-order valence-corrected chi connectivity index (χ2v) is 9.18. The Bertz CT molecular complexity index is 1200. The summed E-state index contributed by atoms with van der Waals surface area (Å²) in [6.07, 6.45) is 3.55. The summed E-state index contributed by atoms with van der Waals surface area (Å²) in [5.74, 6) is 1.15. The zero-order valence-electron chi connectivity index (χ0n) is 18.2. The van der Waals surface area contributed by atoms with Gasteiger partial charge in [0.25, 0.3) is 5.91 Å². The van der Waals surface area contributed by atoms with Gasteiger partial charge in [-0.25, -0.2) is 4.98 Å². The molecule has 0 N–H and O–H groups in total. The Balaban J connectivity index is 1.56. The molecule has 1 aliphatic rings. The van der Waals surface area contributed by atoms with Gasteiger partial charge in [-0.2, -0.15) is 4.99 Å². The van der Waals surface area contributed by atoms with E-state index in [1.54, 1.807) is 11.1 Å². The van der Waals surface area contributed by atoms with Gasteiger partial charge in [0.1, 0.15) is 6.61 Å². The van der Waals surface area contributed by atoms with Crippen LogP contribution in [-0.4, -0.2) is 34.1 Å². The number of aromatic nitrogens is 1. The third-order valence-electron chi connectivity index (χ3n) is 4.72. The predicted molar refractivity (Wildman–Crippen MR) is 136 cm³/mol. The summed E-state index contributed by atoms with van der Waals surface area (Å²) in [4.78, 5) is 23.9. The molecule has 0 spiro atoms. The van der Waals surface area contributed by atoms with E-state index in [4.69, 9.17) is 21.1 Å². The molecule has 0 radical (unpaired) electrons. The Labute approximate surface area is 205 Å². The first-order valence-electron chi connectivity index (χ1n) is 10.4. The lowest BCUT2D eigenvalue weighted by Crippen LogP contribution is -2.28. The van der Waals surface area contributed by atoms with Crippen molar-refractivity contribution in [3.8, 4) is 11.5 Å². The number of amides is 1. The van der Waals surface area contributed by atoms with Crippen molar-refractivity contribution in [2.24, 2.45) is 4.99 Å². The molecule has 0 aliphatic carbocycles. The molecular formula is C24H22ClN3O3S2. The van der Waals surface area contributed by atoms with Crippen molar-refractivity contribution in [1.82, 2.24) is 9.88 Å². The number of thiazole rings is 1. The van der Waals surface area contributed by atoms with Crippen LogP contribution in [0.1, 0.15) is 25.0 Å². The third kappa shape index (κ3) is 5.58. The van der Waals surface area contributed by atoms with Crippen LogP contribution >= 0.6 is 34.7 Å². The number of halogens is 1. The number of carbonyl (C=O) groups excluding carboxylic acids is 1.